The van der Waals surface area contributed by atoms with Gasteiger partial charge >= 0.3 is 0 Å². The molecule has 0 fully saturated rings. The fourth-order valence-corrected chi connectivity index (χ4v) is 2.19. The van der Waals surface area contributed by atoms with Gasteiger partial charge in [-0.15, -0.1) is 0 Å². The number of hydrogen-bond donors (Lipinski definition) is 1. The maximum absolute atomic E-state index is 6.09. The van der Waals surface area contributed by atoms with E-state index < -0.39 is 0 Å². The molecular formula is C13H18Cl3NO. The molecule has 0 heterocycles. The molecule has 0 bridgehead atoms. The molecule has 2 nitrogen and oxygen atoms in total. The van der Waals surface area contributed by atoms with E-state index in [9.17, 15) is 0 Å². The molecule has 0 aliphatic carbocycles. The van der Waals surface area contributed by atoms with Crippen LogP contribution in [0.25, 0.3) is 0 Å². The first kappa shape index (κ1) is 15.9. The molecule has 0 radical (unpaired) electrons. The predicted octanol–water partition coefficient (Wildman–Crippen LogP) is 4.80. The molecule has 102 valence electrons. The van der Waals surface area contributed by atoms with Gasteiger partial charge < -0.3 is 10.1 Å². The number of likely N-dealkylation sites (N-methyl/N-ethyl adjacent to an activating group) is 1. The molecule has 5 heteroatoms. The van der Waals surface area contributed by atoms with Crippen molar-refractivity contribution in [2.24, 2.45) is 0 Å². The van der Waals surface area contributed by atoms with E-state index in [0.29, 0.717) is 20.8 Å². The highest BCUT2D eigenvalue weighted by Gasteiger charge is 2.13. The number of benzene rings is 1. The third-order valence-electron chi connectivity index (χ3n) is 2.50. The standard InChI is InChI=1S/C13H18Cl3NO/c1-3-5-9(8-17-4-2)18-13-7-11(15)10(14)6-12(13)16/h6-7,9,17H,3-5,8H2,1-2H3. The summed E-state index contributed by atoms with van der Waals surface area (Å²) in [5, 5.41) is 4.65. The third-order valence-corrected chi connectivity index (χ3v) is 3.52. The molecule has 1 N–H and O–H groups in total. The Morgan fingerprint density at radius 2 is 1.78 bits per heavy atom. The van der Waals surface area contributed by atoms with E-state index in [0.717, 1.165) is 25.9 Å². The summed E-state index contributed by atoms with van der Waals surface area (Å²) in [6.07, 6.45) is 2.10. The second-order valence-corrected chi connectivity index (χ2v) is 5.25. The van der Waals surface area contributed by atoms with Crippen LogP contribution in [0, 0.1) is 0 Å². The van der Waals surface area contributed by atoms with Gasteiger partial charge in [0.1, 0.15) is 11.9 Å². The maximum atomic E-state index is 6.09. The molecule has 0 amide bonds. The molecule has 1 unspecified atom stereocenters. The van der Waals surface area contributed by atoms with Gasteiger partial charge in [0.2, 0.25) is 0 Å². The summed E-state index contributed by atoms with van der Waals surface area (Å²) in [6, 6.07) is 3.28. The largest absolute Gasteiger partial charge is 0.487 e. The van der Waals surface area contributed by atoms with Crippen molar-refractivity contribution in [3.05, 3.63) is 27.2 Å². The van der Waals surface area contributed by atoms with Crippen LogP contribution < -0.4 is 10.1 Å². The van der Waals surface area contributed by atoms with Gasteiger partial charge in [0, 0.05) is 12.6 Å². The van der Waals surface area contributed by atoms with Gasteiger partial charge in [-0.3, -0.25) is 0 Å². The Labute approximate surface area is 124 Å². The highest BCUT2D eigenvalue weighted by molar-refractivity contribution is 6.43. The Hall–Kier alpha value is -0.150. The van der Waals surface area contributed by atoms with E-state index in [1.807, 2.05) is 0 Å². The SMILES string of the molecule is CCCC(CNCC)Oc1cc(Cl)c(Cl)cc1Cl. The van der Waals surface area contributed by atoms with Crippen LogP contribution in [-0.2, 0) is 0 Å². The Bertz CT molecular complexity index is 385. The Morgan fingerprint density at radius 1 is 1.11 bits per heavy atom. The van der Waals surface area contributed by atoms with Crippen LogP contribution >= 0.6 is 34.8 Å². The Kier molecular flexibility index (Phi) is 7.16. The lowest BCUT2D eigenvalue weighted by molar-refractivity contribution is 0.187. The van der Waals surface area contributed by atoms with Gasteiger partial charge in [-0.2, -0.15) is 0 Å². The van der Waals surface area contributed by atoms with E-state index in [2.05, 4.69) is 19.2 Å². The molecule has 0 aliphatic rings. The summed E-state index contributed by atoms with van der Waals surface area (Å²) >= 11 is 17.9. The second kappa shape index (κ2) is 8.11. The van der Waals surface area contributed by atoms with Crippen molar-refractivity contribution >= 4 is 34.8 Å². The molecular weight excluding hydrogens is 293 g/mol. The second-order valence-electron chi connectivity index (χ2n) is 4.03. The van der Waals surface area contributed by atoms with Crippen molar-refractivity contribution in [1.29, 1.82) is 0 Å². The number of hydrogen-bond acceptors (Lipinski definition) is 2. The van der Waals surface area contributed by atoms with E-state index in [-0.39, 0.29) is 6.10 Å². The van der Waals surface area contributed by atoms with E-state index in [1.54, 1.807) is 12.1 Å². The van der Waals surface area contributed by atoms with E-state index >= 15 is 0 Å². The number of rotatable bonds is 7. The quantitative estimate of drug-likeness (QED) is 0.730. The maximum Gasteiger partial charge on any atom is 0.139 e. The predicted molar refractivity (Wildman–Crippen MR) is 79.3 cm³/mol. The fourth-order valence-electron chi connectivity index (χ4n) is 1.60. The minimum absolute atomic E-state index is 0.0877. The lowest BCUT2D eigenvalue weighted by atomic mass is 10.2. The number of ether oxygens (including phenoxy) is 1. The molecule has 0 saturated heterocycles. The molecule has 1 atom stereocenters. The van der Waals surface area contributed by atoms with Crippen molar-refractivity contribution in [3.8, 4) is 5.75 Å². The molecule has 1 aromatic rings. The van der Waals surface area contributed by atoms with Crippen LogP contribution in [0.5, 0.6) is 5.75 Å². The zero-order valence-corrected chi connectivity index (χ0v) is 12.9. The van der Waals surface area contributed by atoms with E-state index in [1.165, 1.54) is 0 Å². The first-order valence-corrected chi connectivity index (χ1v) is 7.23. The molecule has 1 rings (SSSR count). The summed E-state index contributed by atoms with van der Waals surface area (Å²) in [4.78, 5) is 0. The van der Waals surface area contributed by atoms with Crippen molar-refractivity contribution < 1.29 is 4.74 Å². The van der Waals surface area contributed by atoms with Crippen LogP contribution in [0.4, 0.5) is 0 Å². The molecule has 1 aromatic carbocycles. The summed E-state index contributed by atoms with van der Waals surface area (Å²) in [6.45, 7) is 5.90. The Morgan fingerprint density at radius 3 is 2.39 bits per heavy atom. The van der Waals surface area contributed by atoms with E-state index in [4.69, 9.17) is 39.5 Å². The Balaban J connectivity index is 2.76. The zero-order chi connectivity index (χ0) is 13.5. The first-order chi connectivity index (χ1) is 8.58. The monoisotopic (exact) mass is 309 g/mol. The molecule has 18 heavy (non-hydrogen) atoms. The van der Waals surface area contributed by atoms with Crippen molar-refractivity contribution in [3.63, 3.8) is 0 Å². The molecule has 0 saturated carbocycles. The summed E-state index contributed by atoms with van der Waals surface area (Å²) in [7, 11) is 0. The minimum Gasteiger partial charge on any atom is -0.487 e. The normalized spacial score (nSPS) is 12.5. The minimum atomic E-state index is 0.0877. The van der Waals surface area contributed by atoms with Crippen LogP contribution in [0.2, 0.25) is 15.1 Å². The first-order valence-electron chi connectivity index (χ1n) is 6.10. The van der Waals surface area contributed by atoms with Crippen molar-refractivity contribution in [2.45, 2.75) is 32.8 Å². The average molecular weight is 311 g/mol. The average Bonchev–Trinajstić information content (AvgIpc) is 2.33. The molecule has 0 aliphatic heterocycles. The van der Waals surface area contributed by atoms with Crippen molar-refractivity contribution in [2.75, 3.05) is 13.1 Å². The van der Waals surface area contributed by atoms with Crippen LogP contribution in [0.1, 0.15) is 26.7 Å². The zero-order valence-electron chi connectivity index (χ0n) is 10.6. The van der Waals surface area contributed by atoms with Crippen LogP contribution in [0.3, 0.4) is 0 Å². The summed E-state index contributed by atoms with van der Waals surface area (Å²) < 4.78 is 5.89. The summed E-state index contributed by atoms with van der Waals surface area (Å²) in [5.41, 5.74) is 0. The molecule has 0 spiro atoms. The van der Waals surface area contributed by atoms with Crippen LogP contribution in [0.15, 0.2) is 12.1 Å². The topological polar surface area (TPSA) is 21.3 Å². The highest BCUT2D eigenvalue weighted by Crippen LogP contribution is 2.34. The van der Waals surface area contributed by atoms with Gasteiger partial charge in [0.05, 0.1) is 15.1 Å². The lowest BCUT2D eigenvalue weighted by Gasteiger charge is -2.20. The van der Waals surface area contributed by atoms with Gasteiger partial charge in [-0.25, -0.2) is 0 Å². The van der Waals surface area contributed by atoms with Gasteiger partial charge in [-0.05, 0) is 19.0 Å². The van der Waals surface area contributed by atoms with Gasteiger partial charge in [0.25, 0.3) is 0 Å². The lowest BCUT2D eigenvalue weighted by Crippen LogP contribution is -2.31. The third kappa shape index (κ3) is 4.85. The number of nitrogens with one attached hydrogen (secondary N) is 1. The fraction of sp³-hybridized carbons (Fsp3) is 0.538. The van der Waals surface area contributed by atoms with Crippen molar-refractivity contribution in [1.82, 2.24) is 5.32 Å². The molecule has 0 aromatic heterocycles. The summed E-state index contributed by atoms with van der Waals surface area (Å²) in [5.74, 6) is 0.586. The highest BCUT2D eigenvalue weighted by atomic mass is 35.5. The smallest absolute Gasteiger partial charge is 0.139 e. The van der Waals surface area contributed by atoms with Gasteiger partial charge in [-0.1, -0.05) is 55.1 Å². The van der Waals surface area contributed by atoms with Gasteiger partial charge in [0.15, 0.2) is 0 Å². The number of halogens is 3. The van der Waals surface area contributed by atoms with Crippen LogP contribution in [-0.4, -0.2) is 19.2 Å².